The van der Waals surface area contributed by atoms with Gasteiger partial charge in [0.05, 0.1) is 18.2 Å². The maximum atomic E-state index is 10.5. The molecular weight excluding hydrogens is 417 g/mol. The fourth-order valence-electron chi connectivity index (χ4n) is 4.70. The van der Waals surface area contributed by atoms with Crippen LogP contribution in [0.5, 0.6) is 0 Å². The molecule has 3 rings (SSSR count). The Hall–Kier alpha value is -0.0800. The first-order valence-electron chi connectivity index (χ1n) is 9.35. The zero-order valence-electron chi connectivity index (χ0n) is 15.3. The first-order valence-corrected chi connectivity index (χ1v) is 9.35. The fraction of sp³-hybridized carbons (Fsp3) is 0.944. The lowest BCUT2D eigenvalue weighted by atomic mass is 9.55. The molecule has 0 amide bonds. The number of fused-ring (bicyclic) bond motifs is 1. The molecule has 1 saturated heterocycles. The van der Waals surface area contributed by atoms with Crippen molar-refractivity contribution >= 4 is 29.9 Å². The molecule has 3 aliphatic rings. The van der Waals surface area contributed by atoms with Gasteiger partial charge in [-0.2, -0.15) is 0 Å². The summed E-state index contributed by atoms with van der Waals surface area (Å²) in [5.41, 5.74) is -0.459. The van der Waals surface area contributed by atoms with Gasteiger partial charge in [-0.1, -0.05) is 26.7 Å². The van der Waals surface area contributed by atoms with Crippen molar-refractivity contribution in [1.29, 1.82) is 0 Å². The van der Waals surface area contributed by atoms with E-state index in [9.17, 15) is 5.11 Å². The van der Waals surface area contributed by atoms with Crippen LogP contribution in [0.15, 0.2) is 4.99 Å². The number of hydrogen-bond acceptors (Lipinski definition) is 3. The van der Waals surface area contributed by atoms with Crippen molar-refractivity contribution in [3.63, 3.8) is 0 Å². The van der Waals surface area contributed by atoms with Crippen molar-refractivity contribution in [3.8, 4) is 0 Å². The molecule has 0 spiro atoms. The van der Waals surface area contributed by atoms with Gasteiger partial charge in [0.1, 0.15) is 0 Å². The molecule has 2 saturated carbocycles. The summed E-state index contributed by atoms with van der Waals surface area (Å²) >= 11 is 0. The summed E-state index contributed by atoms with van der Waals surface area (Å²) in [6.07, 6.45) is 6.75. The van der Waals surface area contributed by atoms with E-state index in [0.717, 1.165) is 51.2 Å². The molecule has 0 aromatic carbocycles. The Morgan fingerprint density at radius 3 is 2.62 bits per heavy atom. The van der Waals surface area contributed by atoms with Gasteiger partial charge in [-0.25, -0.2) is 0 Å². The van der Waals surface area contributed by atoms with Crippen molar-refractivity contribution in [3.05, 3.63) is 0 Å². The number of aliphatic hydroxyl groups is 1. The van der Waals surface area contributed by atoms with E-state index in [1.807, 2.05) is 0 Å². The zero-order valence-corrected chi connectivity index (χ0v) is 17.6. The monoisotopic (exact) mass is 451 g/mol. The average molecular weight is 451 g/mol. The Kier molecular flexibility index (Phi) is 6.81. The second-order valence-corrected chi connectivity index (χ2v) is 8.17. The molecule has 2 aliphatic carbocycles. The lowest BCUT2D eigenvalue weighted by Crippen LogP contribution is -2.71. The minimum absolute atomic E-state index is 0. The molecule has 0 radical (unpaired) electrons. The molecule has 6 heteroatoms. The summed E-state index contributed by atoms with van der Waals surface area (Å²) in [5.74, 6) is 1.42. The highest BCUT2D eigenvalue weighted by molar-refractivity contribution is 14.0. The van der Waals surface area contributed by atoms with Crippen molar-refractivity contribution in [2.24, 2.45) is 16.3 Å². The van der Waals surface area contributed by atoms with Crippen molar-refractivity contribution in [2.75, 3.05) is 19.7 Å². The number of halogens is 1. The minimum atomic E-state index is -0.589. The number of hydrogen-bond donors (Lipinski definition) is 3. The molecule has 3 fully saturated rings. The highest BCUT2D eigenvalue weighted by Gasteiger charge is 2.58. The minimum Gasteiger partial charge on any atom is -0.388 e. The lowest BCUT2D eigenvalue weighted by Gasteiger charge is -2.60. The van der Waals surface area contributed by atoms with Gasteiger partial charge in [0, 0.05) is 30.5 Å². The van der Waals surface area contributed by atoms with Crippen LogP contribution in [-0.4, -0.2) is 48.5 Å². The topological polar surface area (TPSA) is 65.9 Å². The number of rotatable bonds is 4. The van der Waals surface area contributed by atoms with Crippen LogP contribution in [0.3, 0.4) is 0 Å². The molecule has 3 N–H and O–H groups in total. The Labute approximate surface area is 163 Å². The van der Waals surface area contributed by atoms with E-state index in [-0.39, 0.29) is 29.4 Å². The lowest BCUT2D eigenvalue weighted by molar-refractivity contribution is -0.188. The number of nitrogens with zero attached hydrogens (tertiary/aromatic N) is 1. The first kappa shape index (κ1) is 20.2. The predicted octanol–water partition coefficient (Wildman–Crippen LogP) is 2.67. The van der Waals surface area contributed by atoms with Gasteiger partial charge in [-0.3, -0.25) is 4.99 Å². The maximum Gasteiger partial charge on any atom is 0.191 e. The van der Waals surface area contributed by atoms with Gasteiger partial charge < -0.3 is 20.5 Å². The molecule has 3 atom stereocenters. The Bertz CT molecular complexity index is 450. The van der Waals surface area contributed by atoms with Gasteiger partial charge in [-0.05, 0) is 32.6 Å². The van der Waals surface area contributed by atoms with Crippen molar-refractivity contribution in [2.45, 2.75) is 77.0 Å². The largest absolute Gasteiger partial charge is 0.388 e. The molecule has 1 heterocycles. The van der Waals surface area contributed by atoms with Crippen LogP contribution in [0.1, 0.15) is 59.3 Å². The van der Waals surface area contributed by atoms with Gasteiger partial charge in [0.15, 0.2) is 5.96 Å². The molecule has 0 bridgehead atoms. The van der Waals surface area contributed by atoms with E-state index >= 15 is 0 Å². The Balaban J connectivity index is 0.00000208. The third-order valence-corrected chi connectivity index (χ3v) is 6.03. The molecule has 140 valence electrons. The quantitative estimate of drug-likeness (QED) is 0.350. The van der Waals surface area contributed by atoms with Crippen LogP contribution < -0.4 is 10.6 Å². The van der Waals surface area contributed by atoms with Gasteiger partial charge in [-0.15, -0.1) is 24.0 Å². The number of aliphatic imine (C=N–C) groups is 1. The third kappa shape index (κ3) is 4.01. The molecular formula is C18H34IN3O2. The molecule has 3 unspecified atom stereocenters. The van der Waals surface area contributed by atoms with E-state index in [2.05, 4.69) is 31.4 Å². The maximum absolute atomic E-state index is 10.5. The molecule has 1 aliphatic heterocycles. The molecule has 0 aromatic heterocycles. The Morgan fingerprint density at radius 2 is 1.96 bits per heavy atom. The summed E-state index contributed by atoms with van der Waals surface area (Å²) in [5, 5.41) is 17.5. The van der Waals surface area contributed by atoms with E-state index in [1.54, 1.807) is 0 Å². The summed E-state index contributed by atoms with van der Waals surface area (Å²) in [4.78, 5) is 4.70. The second-order valence-electron chi connectivity index (χ2n) is 8.17. The molecule has 0 aromatic rings. The summed E-state index contributed by atoms with van der Waals surface area (Å²) < 4.78 is 5.98. The smallest absolute Gasteiger partial charge is 0.191 e. The predicted molar refractivity (Wildman–Crippen MR) is 108 cm³/mol. The normalized spacial score (nSPS) is 33.8. The zero-order chi connectivity index (χ0) is 16.5. The summed E-state index contributed by atoms with van der Waals surface area (Å²) in [6, 6.07) is 0.392. The SMILES string of the molecule is CCNC(=NCC1(O)CCCC1)NC1C2CCCOC2C1(C)C.I. The van der Waals surface area contributed by atoms with E-state index < -0.39 is 5.60 Å². The van der Waals surface area contributed by atoms with Crippen LogP contribution in [0.4, 0.5) is 0 Å². The second kappa shape index (κ2) is 8.08. The highest BCUT2D eigenvalue weighted by Crippen LogP contribution is 2.51. The van der Waals surface area contributed by atoms with Crippen molar-refractivity contribution < 1.29 is 9.84 Å². The van der Waals surface area contributed by atoms with Crippen LogP contribution in [0.25, 0.3) is 0 Å². The number of guanidine groups is 1. The summed E-state index contributed by atoms with van der Waals surface area (Å²) in [6.45, 7) is 8.89. The number of ether oxygens (including phenoxy) is 1. The number of nitrogens with one attached hydrogen (secondary N) is 2. The van der Waals surface area contributed by atoms with Crippen LogP contribution in [-0.2, 0) is 4.74 Å². The van der Waals surface area contributed by atoms with Gasteiger partial charge in [0.2, 0.25) is 0 Å². The van der Waals surface area contributed by atoms with Crippen LogP contribution >= 0.6 is 24.0 Å². The van der Waals surface area contributed by atoms with Crippen LogP contribution in [0, 0.1) is 11.3 Å². The van der Waals surface area contributed by atoms with Gasteiger partial charge >= 0.3 is 0 Å². The first-order chi connectivity index (χ1) is 11.0. The standard InChI is InChI=1S/C18H33N3O2.HI/c1-4-19-16(20-12-18(22)9-5-6-10-18)21-14-13-8-7-11-23-15(13)17(14,2)3;/h13-15,22H,4-12H2,1-3H3,(H2,19,20,21);1H. The van der Waals surface area contributed by atoms with Crippen molar-refractivity contribution in [1.82, 2.24) is 10.6 Å². The fourth-order valence-corrected chi connectivity index (χ4v) is 4.70. The van der Waals surface area contributed by atoms with E-state index in [4.69, 9.17) is 9.73 Å². The summed E-state index contributed by atoms with van der Waals surface area (Å²) in [7, 11) is 0. The van der Waals surface area contributed by atoms with Crippen LogP contribution in [0.2, 0.25) is 0 Å². The highest BCUT2D eigenvalue weighted by atomic mass is 127. The molecule has 24 heavy (non-hydrogen) atoms. The van der Waals surface area contributed by atoms with Gasteiger partial charge in [0.25, 0.3) is 0 Å². The average Bonchev–Trinajstić information content (AvgIpc) is 2.97. The van der Waals surface area contributed by atoms with E-state index in [0.29, 0.717) is 24.6 Å². The van der Waals surface area contributed by atoms with E-state index in [1.165, 1.54) is 6.42 Å². The Morgan fingerprint density at radius 1 is 1.25 bits per heavy atom. The third-order valence-electron chi connectivity index (χ3n) is 6.03. The molecule has 5 nitrogen and oxygen atoms in total.